The van der Waals surface area contributed by atoms with Gasteiger partial charge in [0.2, 0.25) is 10.0 Å². The highest BCUT2D eigenvalue weighted by molar-refractivity contribution is 8.00. The zero-order valence-electron chi connectivity index (χ0n) is 10.6. The Morgan fingerprint density at radius 2 is 2.30 bits per heavy atom. The normalized spacial score (nSPS) is 19.1. The average molecular weight is 351 g/mol. The number of nitrogens with one attached hydrogen (secondary N) is 1. The van der Waals surface area contributed by atoms with Crippen LogP contribution in [0.25, 0.3) is 0 Å². The molecule has 8 heteroatoms. The fourth-order valence-corrected chi connectivity index (χ4v) is 5.02. The lowest BCUT2D eigenvalue weighted by atomic mass is 10.2. The van der Waals surface area contributed by atoms with E-state index >= 15 is 0 Å². The summed E-state index contributed by atoms with van der Waals surface area (Å²) >= 11 is 12.6. The van der Waals surface area contributed by atoms with Gasteiger partial charge in [0.25, 0.3) is 0 Å². The van der Waals surface area contributed by atoms with Crippen LogP contribution < -0.4 is 10.5 Å². The summed E-state index contributed by atoms with van der Waals surface area (Å²) in [6.45, 7) is 0.431. The first-order valence-corrected chi connectivity index (χ1v) is 9.42. The molecule has 20 heavy (non-hydrogen) atoms. The van der Waals surface area contributed by atoms with Gasteiger partial charge in [0.15, 0.2) is 0 Å². The smallest absolute Gasteiger partial charge is 0.242 e. The van der Waals surface area contributed by atoms with Crippen molar-refractivity contribution in [2.75, 3.05) is 12.3 Å². The lowest BCUT2D eigenvalue weighted by molar-refractivity contribution is 0.579. The lowest BCUT2D eigenvalue weighted by Crippen LogP contribution is -2.30. The van der Waals surface area contributed by atoms with E-state index < -0.39 is 10.0 Å². The topological polar surface area (TPSA) is 72.2 Å². The molecule has 1 aromatic carbocycles. The summed E-state index contributed by atoms with van der Waals surface area (Å²) in [6.07, 6.45) is 2.18. The number of hydrogen-bond donors (Lipinski definition) is 2. The molecule has 1 saturated heterocycles. The van der Waals surface area contributed by atoms with Gasteiger partial charge >= 0.3 is 0 Å². The zero-order chi connectivity index (χ0) is 14.8. The Morgan fingerprint density at radius 3 is 2.85 bits per heavy atom. The van der Waals surface area contributed by atoms with E-state index in [0.29, 0.717) is 17.4 Å². The number of halogens is 1. The van der Waals surface area contributed by atoms with Crippen molar-refractivity contribution >= 4 is 50.6 Å². The Hall–Kier alpha value is -0.340. The van der Waals surface area contributed by atoms with Crippen LogP contribution in [0.15, 0.2) is 23.1 Å². The second kappa shape index (κ2) is 6.62. The molecule has 3 N–H and O–H groups in total. The average Bonchev–Trinajstić information content (AvgIpc) is 2.89. The summed E-state index contributed by atoms with van der Waals surface area (Å²) in [4.78, 5) is 0.244. The Morgan fingerprint density at radius 1 is 1.55 bits per heavy atom. The fraction of sp³-hybridized carbons (Fsp3) is 0.417. The van der Waals surface area contributed by atoms with Gasteiger partial charge in [-0.25, -0.2) is 13.1 Å². The summed E-state index contributed by atoms with van der Waals surface area (Å²) in [7, 11) is -3.60. The van der Waals surface area contributed by atoms with E-state index in [-0.39, 0.29) is 14.9 Å². The first-order chi connectivity index (χ1) is 9.40. The fourth-order valence-electron chi connectivity index (χ4n) is 1.96. The minimum Gasteiger partial charge on any atom is -0.389 e. The van der Waals surface area contributed by atoms with Gasteiger partial charge in [-0.3, -0.25) is 0 Å². The SMILES string of the molecule is NC(=S)c1ccc(S(=O)(=O)NCC2CCCS2)c(Cl)c1. The summed E-state index contributed by atoms with van der Waals surface area (Å²) in [5.41, 5.74) is 6.04. The van der Waals surface area contributed by atoms with Gasteiger partial charge in [-0.05, 0) is 30.7 Å². The van der Waals surface area contributed by atoms with Crippen molar-refractivity contribution in [3.63, 3.8) is 0 Å². The molecular weight excluding hydrogens is 336 g/mol. The van der Waals surface area contributed by atoms with Crippen molar-refractivity contribution in [1.29, 1.82) is 0 Å². The third kappa shape index (κ3) is 3.85. The number of hydrogen-bond acceptors (Lipinski definition) is 4. The quantitative estimate of drug-likeness (QED) is 0.796. The molecule has 0 amide bonds. The van der Waals surface area contributed by atoms with Gasteiger partial charge in [0.05, 0.1) is 5.02 Å². The molecule has 0 radical (unpaired) electrons. The zero-order valence-corrected chi connectivity index (χ0v) is 13.8. The van der Waals surface area contributed by atoms with Gasteiger partial charge < -0.3 is 5.73 Å². The van der Waals surface area contributed by atoms with Gasteiger partial charge in [-0.1, -0.05) is 29.9 Å². The number of thioether (sulfide) groups is 1. The first-order valence-electron chi connectivity index (χ1n) is 6.11. The van der Waals surface area contributed by atoms with Gasteiger partial charge in [-0.2, -0.15) is 11.8 Å². The third-order valence-corrected chi connectivity index (χ3v) is 6.57. The highest BCUT2D eigenvalue weighted by atomic mass is 35.5. The molecule has 1 atom stereocenters. The maximum atomic E-state index is 12.2. The molecule has 0 aliphatic carbocycles. The number of nitrogens with two attached hydrogens (primary N) is 1. The standard InChI is InChI=1S/C12H15ClN2O2S3/c13-10-6-8(12(14)18)3-4-11(10)20(16,17)15-7-9-2-1-5-19-9/h3-4,6,9,15H,1-2,5,7H2,(H2,14,18). The highest BCUT2D eigenvalue weighted by Gasteiger charge is 2.22. The van der Waals surface area contributed by atoms with Crippen LogP contribution in [-0.2, 0) is 10.0 Å². The number of sulfonamides is 1. The van der Waals surface area contributed by atoms with E-state index in [1.54, 1.807) is 17.8 Å². The molecule has 1 aromatic rings. The summed E-state index contributed by atoms with van der Waals surface area (Å²) in [5.74, 6) is 1.09. The molecule has 1 aliphatic heterocycles. The Kier molecular flexibility index (Phi) is 5.30. The Bertz CT molecular complexity index is 613. The molecule has 0 aromatic heterocycles. The maximum Gasteiger partial charge on any atom is 0.242 e. The predicted molar refractivity (Wildman–Crippen MR) is 88.0 cm³/mol. The van der Waals surface area contributed by atoms with Crippen LogP contribution in [0.5, 0.6) is 0 Å². The van der Waals surface area contributed by atoms with Crippen LogP contribution >= 0.6 is 35.6 Å². The van der Waals surface area contributed by atoms with E-state index in [9.17, 15) is 8.42 Å². The monoisotopic (exact) mass is 350 g/mol. The van der Waals surface area contributed by atoms with Crippen molar-refractivity contribution in [2.45, 2.75) is 23.0 Å². The van der Waals surface area contributed by atoms with E-state index in [0.717, 1.165) is 18.6 Å². The van der Waals surface area contributed by atoms with Crippen LogP contribution in [0.2, 0.25) is 5.02 Å². The number of thiocarbonyl (C=S) groups is 1. The van der Waals surface area contributed by atoms with Crippen LogP contribution in [0.1, 0.15) is 18.4 Å². The third-order valence-electron chi connectivity index (χ3n) is 3.03. The van der Waals surface area contributed by atoms with Crippen LogP contribution in [0.4, 0.5) is 0 Å². The number of benzene rings is 1. The van der Waals surface area contributed by atoms with Crippen LogP contribution in [0.3, 0.4) is 0 Å². The molecule has 4 nitrogen and oxygen atoms in total. The second-order valence-corrected chi connectivity index (χ2v) is 8.49. The molecule has 0 bridgehead atoms. The molecule has 110 valence electrons. The van der Waals surface area contributed by atoms with Gasteiger partial charge in [-0.15, -0.1) is 0 Å². The van der Waals surface area contributed by atoms with E-state index in [2.05, 4.69) is 4.72 Å². The second-order valence-electron chi connectivity index (χ2n) is 4.50. The first kappa shape index (κ1) is 16.0. The predicted octanol–water partition coefficient (Wildman–Crippen LogP) is 2.15. The van der Waals surface area contributed by atoms with Crippen LogP contribution in [-0.4, -0.2) is 31.0 Å². The van der Waals surface area contributed by atoms with Crippen molar-refractivity contribution in [3.8, 4) is 0 Å². The maximum absolute atomic E-state index is 12.2. The van der Waals surface area contributed by atoms with Crippen molar-refractivity contribution in [1.82, 2.24) is 4.72 Å². The molecular formula is C12H15ClN2O2S3. The minimum atomic E-state index is -3.60. The van der Waals surface area contributed by atoms with Crippen molar-refractivity contribution < 1.29 is 8.42 Å². The molecule has 1 fully saturated rings. The minimum absolute atomic E-state index is 0.0576. The van der Waals surface area contributed by atoms with Crippen molar-refractivity contribution in [3.05, 3.63) is 28.8 Å². The summed E-state index contributed by atoms with van der Waals surface area (Å²) in [5, 5.41) is 0.473. The molecule has 0 spiro atoms. The molecule has 1 aliphatic rings. The van der Waals surface area contributed by atoms with Crippen LogP contribution in [0, 0.1) is 0 Å². The molecule has 2 rings (SSSR count). The number of rotatable bonds is 5. The van der Waals surface area contributed by atoms with Crippen molar-refractivity contribution in [2.24, 2.45) is 5.73 Å². The Balaban J connectivity index is 2.14. The molecule has 1 unspecified atom stereocenters. The van der Waals surface area contributed by atoms with Gasteiger partial charge in [0.1, 0.15) is 9.88 Å². The van der Waals surface area contributed by atoms with E-state index in [1.165, 1.54) is 12.1 Å². The highest BCUT2D eigenvalue weighted by Crippen LogP contribution is 2.27. The van der Waals surface area contributed by atoms with E-state index in [4.69, 9.17) is 29.6 Å². The summed E-state index contributed by atoms with van der Waals surface area (Å²) in [6, 6.07) is 4.47. The summed E-state index contributed by atoms with van der Waals surface area (Å²) < 4.78 is 27.1. The Labute approximate surface area is 133 Å². The largest absolute Gasteiger partial charge is 0.389 e. The molecule has 1 heterocycles. The van der Waals surface area contributed by atoms with E-state index in [1.807, 2.05) is 0 Å². The molecule has 0 saturated carbocycles. The van der Waals surface area contributed by atoms with Gasteiger partial charge in [0, 0.05) is 17.4 Å². The lowest BCUT2D eigenvalue weighted by Gasteiger charge is -2.12.